The molecule has 90 valence electrons. The molecule has 2 N–H and O–H groups in total. The molecule has 0 bridgehead atoms. The largest absolute Gasteiger partial charge is 0.327 e. The van der Waals surface area contributed by atoms with Gasteiger partial charge in [-0.1, -0.05) is 36.5 Å². The molecule has 2 unspecified atom stereocenters. The number of benzene rings is 1. The molecule has 0 aliphatic rings. The summed E-state index contributed by atoms with van der Waals surface area (Å²) in [5.41, 5.74) is 5.84. The van der Waals surface area contributed by atoms with E-state index >= 15 is 0 Å². The van der Waals surface area contributed by atoms with Crippen LogP contribution in [0.15, 0.2) is 23.1 Å². The Morgan fingerprint density at radius 2 is 2.06 bits per heavy atom. The molecule has 1 rings (SSSR count). The Morgan fingerprint density at radius 3 is 2.62 bits per heavy atom. The summed E-state index contributed by atoms with van der Waals surface area (Å²) < 4.78 is 11.9. The molecular weight excluding hydrogens is 265 g/mol. The zero-order valence-corrected chi connectivity index (χ0v) is 11.4. The van der Waals surface area contributed by atoms with Gasteiger partial charge in [-0.2, -0.15) is 0 Å². The van der Waals surface area contributed by atoms with Crippen molar-refractivity contribution in [3.8, 4) is 0 Å². The third kappa shape index (κ3) is 4.06. The second kappa shape index (κ2) is 6.60. The highest BCUT2D eigenvalue weighted by atomic mass is 35.5. The average Bonchev–Trinajstić information content (AvgIpc) is 2.22. The van der Waals surface area contributed by atoms with Gasteiger partial charge in [0.25, 0.3) is 0 Å². The van der Waals surface area contributed by atoms with Crippen molar-refractivity contribution < 1.29 is 4.21 Å². The molecule has 5 heteroatoms. The molecule has 2 atom stereocenters. The molecule has 0 spiro atoms. The molecule has 2 nitrogen and oxygen atoms in total. The van der Waals surface area contributed by atoms with Crippen LogP contribution in [0.5, 0.6) is 0 Å². The van der Waals surface area contributed by atoms with Gasteiger partial charge in [-0.3, -0.25) is 4.21 Å². The lowest BCUT2D eigenvalue weighted by atomic mass is 10.2. The Hall–Kier alpha value is -0.0900. The number of rotatable bonds is 5. The minimum Gasteiger partial charge on any atom is -0.327 e. The van der Waals surface area contributed by atoms with Crippen molar-refractivity contribution in [2.75, 3.05) is 5.75 Å². The first-order valence-electron chi connectivity index (χ1n) is 5.13. The molecule has 0 fully saturated rings. The Morgan fingerprint density at radius 1 is 1.38 bits per heavy atom. The van der Waals surface area contributed by atoms with E-state index in [1.165, 1.54) is 0 Å². The predicted molar refractivity (Wildman–Crippen MR) is 70.6 cm³/mol. The van der Waals surface area contributed by atoms with Crippen molar-refractivity contribution in [1.29, 1.82) is 0 Å². The zero-order valence-electron chi connectivity index (χ0n) is 9.08. The fraction of sp³-hybridized carbons (Fsp3) is 0.455. The lowest BCUT2D eigenvalue weighted by molar-refractivity contribution is 0.638. The number of nitrogens with two attached hydrogens (primary N) is 1. The maximum atomic E-state index is 11.9. The first-order valence-corrected chi connectivity index (χ1v) is 7.21. The van der Waals surface area contributed by atoms with Crippen LogP contribution in [0.1, 0.15) is 19.8 Å². The SMILES string of the molecule is CCCC(N)CS(=O)c1ccc(Cl)c(Cl)c1. The van der Waals surface area contributed by atoms with E-state index in [2.05, 4.69) is 6.92 Å². The van der Waals surface area contributed by atoms with Gasteiger partial charge in [0, 0.05) is 16.7 Å². The molecule has 1 aromatic rings. The molecule has 1 aromatic carbocycles. The molecule has 0 radical (unpaired) electrons. The van der Waals surface area contributed by atoms with Gasteiger partial charge < -0.3 is 5.73 Å². The van der Waals surface area contributed by atoms with Crippen LogP contribution in [0, 0.1) is 0 Å². The van der Waals surface area contributed by atoms with Crippen molar-refractivity contribution in [3.63, 3.8) is 0 Å². The Balaban J connectivity index is 2.69. The van der Waals surface area contributed by atoms with Gasteiger partial charge in [0.05, 0.1) is 20.8 Å². The van der Waals surface area contributed by atoms with Gasteiger partial charge in [-0.15, -0.1) is 0 Å². The van der Waals surface area contributed by atoms with E-state index in [1.54, 1.807) is 18.2 Å². The van der Waals surface area contributed by atoms with E-state index in [9.17, 15) is 4.21 Å². The van der Waals surface area contributed by atoms with Gasteiger partial charge in [-0.05, 0) is 24.6 Å². The lowest BCUT2D eigenvalue weighted by Gasteiger charge is -2.10. The lowest BCUT2D eigenvalue weighted by Crippen LogP contribution is -2.26. The van der Waals surface area contributed by atoms with Crippen LogP contribution in [-0.2, 0) is 10.8 Å². The van der Waals surface area contributed by atoms with Gasteiger partial charge in [0.2, 0.25) is 0 Å². The summed E-state index contributed by atoms with van der Waals surface area (Å²) in [7, 11) is -1.10. The standard InChI is InChI=1S/C11H15Cl2NOS/c1-2-3-8(14)7-16(15)9-4-5-10(12)11(13)6-9/h4-6,8H,2-3,7,14H2,1H3. The van der Waals surface area contributed by atoms with Crippen LogP contribution in [0.25, 0.3) is 0 Å². The van der Waals surface area contributed by atoms with Gasteiger partial charge >= 0.3 is 0 Å². The summed E-state index contributed by atoms with van der Waals surface area (Å²) in [6.45, 7) is 2.06. The van der Waals surface area contributed by atoms with Crippen molar-refractivity contribution >= 4 is 34.0 Å². The monoisotopic (exact) mass is 279 g/mol. The molecule has 0 saturated carbocycles. The van der Waals surface area contributed by atoms with Crippen LogP contribution in [0.3, 0.4) is 0 Å². The summed E-state index contributed by atoms with van der Waals surface area (Å²) in [5, 5.41) is 0.900. The predicted octanol–water partition coefficient (Wildman–Crippen LogP) is 3.23. The van der Waals surface area contributed by atoms with E-state index in [0.29, 0.717) is 20.7 Å². The highest BCUT2D eigenvalue weighted by molar-refractivity contribution is 7.85. The molecule has 16 heavy (non-hydrogen) atoms. The van der Waals surface area contributed by atoms with Crippen LogP contribution < -0.4 is 5.73 Å². The zero-order chi connectivity index (χ0) is 12.1. The molecule has 0 saturated heterocycles. The fourth-order valence-electron chi connectivity index (χ4n) is 1.36. The number of halogens is 2. The maximum absolute atomic E-state index is 11.9. The van der Waals surface area contributed by atoms with E-state index in [0.717, 1.165) is 12.8 Å². The van der Waals surface area contributed by atoms with E-state index in [4.69, 9.17) is 28.9 Å². The van der Waals surface area contributed by atoms with Crippen LogP contribution >= 0.6 is 23.2 Å². The fourth-order valence-corrected chi connectivity index (χ4v) is 2.94. The van der Waals surface area contributed by atoms with Crippen molar-refractivity contribution in [3.05, 3.63) is 28.2 Å². The summed E-state index contributed by atoms with van der Waals surface area (Å²) in [6, 6.07) is 4.99. The first-order chi connectivity index (χ1) is 7.54. The number of hydrogen-bond acceptors (Lipinski definition) is 2. The average molecular weight is 280 g/mol. The molecule has 0 aliphatic heterocycles. The van der Waals surface area contributed by atoms with Crippen molar-refractivity contribution in [1.82, 2.24) is 0 Å². The molecular formula is C11H15Cl2NOS. The Kier molecular flexibility index (Phi) is 5.76. The second-order valence-corrected chi connectivity index (χ2v) is 5.95. The van der Waals surface area contributed by atoms with E-state index in [1.807, 2.05) is 0 Å². The number of hydrogen-bond donors (Lipinski definition) is 1. The molecule has 0 amide bonds. The van der Waals surface area contributed by atoms with Crippen LogP contribution in [-0.4, -0.2) is 16.0 Å². The Bertz CT molecular complexity index is 384. The highest BCUT2D eigenvalue weighted by Gasteiger charge is 2.10. The van der Waals surface area contributed by atoms with E-state index < -0.39 is 10.8 Å². The summed E-state index contributed by atoms with van der Waals surface area (Å²) in [4.78, 5) is 0.681. The van der Waals surface area contributed by atoms with Crippen molar-refractivity contribution in [2.24, 2.45) is 5.73 Å². The van der Waals surface area contributed by atoms with Gasteiger partial charge in [-0.25, -0.2) is 0 Å². The summed E-state index contributed by atoms with van der Waals surface area (Å²) >= 11 is 11.6. The van der Waals surface area contributed by atoms with Gasteiger partial charge in [0.1, 0.15) is 0 Å². The topological polar surface area (TPSA) is 43.1 Å². The quantitative estimate of drug-likeness (QED) is 0.899. The van der Waals surface area contributed by atoms with Gasteiger partial charge in [0.15, 0.2) is 0 Å². The summed E-state index contributed by atoms with van der Waals surface area (Å²) in [5.74, 6) is 0.464. The third-order valence-corrected chi connectivity index (χ3v) is 4.43. The highest BCUT2D eigenvalue weighted by Crippen LogP contribution is 2.24. The second-order valence-electron chi connectivity index (χ2n) is 3.64. The minimum absolute atomic E-state index is 0.0275. The van der Waals surface area contributed by atoms with Crippen LogP contribution in [0.2, 0.25) is 10.0 Å². The first kappa shape index (κ1) is 14.0. The third-order valence-electron chi connectivity index (χ3n) is 2.18. The van der Waals surface area contributed by atoms with E-state index in [-0.39, 0.29) is 6.04 Å². The molecule has 0 aliphatic carbocycles. The molecule has 0 heterocycles. The summed E-state index contributed by atoms with van der Waals surface area (Å²) in [6.07, 6.45) is 1.88. The maximum Gasteiger partial charge on any atom is 0.0604 e. The van der Waals surface area contributed by atoms with Crippen LogP contribution in [0.4, 0.5) is 0 Å². The Labute approximate surface area is 109 Å². The van der Waals surface area contributed by atoms with Crippen molar-refractivity contribution in [2.45, 2.75) is 30.7 Å². The normalized spacial score (nSPS) is 14.8. The minimum atomic E-state index is -1.10. The smallest absolute Gasteiger partial charge is 0.0604 e. The molecule has 0 aromatic heterocycles.